The number of hydrogen-bond acceptors (Lipinski definition) is 13. The molecule has 73 heavy (non-hydrogen) atoms. The molecule has 3 atom stereocenters. The van der Waals surface area contributed by atoms with Crippen molar-refractivity contribution in [2.24, 2.45) is 22.3 Å². The number of rotatable bonds is 10. The number of nitrogens with one attached hydrogen (secondary N) is 3. The summed E-state index contributed by atoms with van der Waals surface area (Å²) < 4.78 is 9.56. The molecule has 3 saturated heterocycles. The number of nitriles is 2. The molecule has 0 saturated carbocycles. The second-order valence-corrected chi connectivity index (χ2v) is 22.1. The fourth-order valence-corrected chi connectivity index (χ4v) is 10.4. The van der Waals surface area contributed by atoms with E-state index < -0.39 is 29.6 Å². The van der Waals surface area contributed by atoms with E-state index in [2.05, 4.69) is 91.7 Å². The zero-order valence-corrected chi connectivity index (χ0v) is 43.7. The van der Waals surface area contributed by atoms with Crippen molar-refractivity contribution in [2.75, 3.05) is 58.1 Å². The number of nitrogens with two attached hydrogens (primary N) is 2. The lowest BCUT2D eigenvalue weighted by Crippen LogP contribution is -2.52. The number of carbonyl (C=O) groups is 4. The van der Waals surface area contributed by atoms with E-state index in [0.29, 0.717) is 52.2 Å². The van der Waals surface area contributed by atoms with Crippen LogP contribution in [0, 0.1) is 33.5 Å². The summed E-state index contributed by atoms with van der Waals surface area (Å²) in [5.74, 6) is -1.35. The van der Waals surface area contributed by atoms with Gasteiger partial charge in [0, 0.05) is 77.7 Å². The molecule has 0 bridgehead atoms. The second kappa shape index (κ2) is 20.3. The van der Waals surface area contributed by atoms with Crippen LogP contribution >= 0.6 is 15.9 Å². The van der Waals surface area contributed by atoms with Crippen molar-refractivity contribution in [1.82, 2.24) is 24.5 Å². The van der Waals surface area contributed by atoms with Gasteiger partial charge in [-0.05, 0) is 117 Å². The second-order valence-electron chi connectivity index (χ2n) is 21.2. The first-order valence-corrected chi connectivity index (χ1v) is 25.0. The Morgan fingerprint density at radius 2 is 1.18 bits per heavy atom. The number of benzene rings is 2. The number of alkyl carbamates (subject to hydrolysis) is 1. The average molecular weight is 1050 g/mol. The van der Waals surface area contributed by atoms with Gasteiger partial charge in [-0.3, -0.25) is 14.4 Å². The molecule has 9 rings (SSSR count). The summed E-state index contributed by atoms with van der Waals surface area (Å²) in [5, 5.41) is 36.8. The molecule has 3 fully saturated rings. The van der Waals surface area contributed by atoms with Gasteiger partial charge in [0.25, 0.3) is 11.8 Å². The smallest absolute Gasteiger partial charge is 0.408 e. The van der Waals surface area contributed by atoms with Crippen LogP contribution in [0.2, 0.25) is 0 Å². The van der Waals surface area contributed by atoms with Crippen molar-refractivity contribution in [1.29, 1.82) is 10.5 Å². The number of anilines is 5. The van der Waals surface area contributed by atoms with E-state index in [1.54, 1.807) is 40.9 Å². The third kappa shape index (κ3) is 11.3. The molecule has 2 aromatic carbocycles. The zero-order chi connectivity index (χ0) is 52.6. The Hall–Kier alpha value is -7.84. The van der Waals surface area contributed by atoms with Gasteiger partial charge in [-0.1, -0.05) is 27.7 Å². The SMILES string of the molecule is CC(C)(C)OC(=O)N[C@H]1CCN(c2cc3c(N[C@@H]4CCN(c5ccc(C#N)cc5)CC4(C)C)c(C(N)=O)cnn3c2)C1=O.CC1(C)CN(c2ccc(C#N)cc2)CC[C@H]1Nc1c(C(N)=O)cnn2cc(Br)cc12. The molecule has 19 nitrogen and oxygen atoms in total. The lowest BCUT2D eigenvalue weighted by Gasteiger charge is -2.46. The minimum absolute atomic E-state index is 0.000564. The summed E-state index contributed by atoms with van der Waals surface area (Å²) in [6.45, 7) is 17.7. The molecule has 3 aliphatic rings. The van der Waals surface area contributed by atoms with E-state index in [1.165, 1.54) is 12.4 Å². The van der Waals surface area contributed by atoms with Crippen LogP contribution in [0.25, 0.3) is 11.0 Å². The van der Waals surface area contributed by atoms with E-state index in [4.69, 9.17) is 26.7 Å². The third-order valence-electron chi connectivity index (χ3n) is 13.8. The highest BCUT2D eigenvalue weighted by Gasteiger charge is 2.40. The van der Waals surface area contributed by atoms with Gasteiger partial charge in [0.2, 0.25) is 5.91 Å². The van der Waals surface area contributed by atoms with Crippen LogP contribution in [0.15, 0.2) is 89.9 Å². The Bertz CT molecular complexity index is 3160. The summed E-state index contributed by atoms with van der Waals surface area (Å²) >= 11 is 3.48. The molecule has 380 valence electrons. The molecular weight excluding hydrogens is 993 g/mol. The van der Waals surface area contributed by atoms with Crippen LogP contribution in [-0.2, 0) is 9.53 Å². The first-order chi connectivity index (χ1) is 34.5. The molecule has 4 amide bonds. The van der Waals surface area contributed by atoms with Gasteiger partial charge in [0.15, 0.2) is 0 Å². The van der Waals surface area contributed by atoms with E-state index in [0.717, 1.165) is 60.4 Å². The third-order valence-corrected chi connectivity index (χ3v) is 14.2. The van der Waals surface area contributed by atoms with Crippen molar-refractivity contribution in [3.63, 3.8) is 0 Å². The molecule has 0 spiro atoms. The van der Waals surface area contributed by atoms with Gasteiger partial charge < -0.3 is 46.9 Å². The fraction of sp³-hybridized carbons (Fsp3) is 0.396. The summed E-state index contributed by atoms with van der Waals surface area (Å²) in [6, 6.07) is 22.8. The number of ether oxygens (including phenoxy) is 1. The van der Waals surface area contributed by atoms with Crippen molar-refractivity contribution < 1.29 is 23.9 Å². The maximum atomic E-state index is 13.2. The Morgan fingerprint density at radius 3 is 1.62 bits per heavy atom. The molecule has 4 aromatic heterocycles. The molecule has 20 heteroatoms. The van der Waals surface area contributed by atoms with Crippen LogP contribution < -0.4 is 42.1 Å². The van der Waals surface area contributed by atoms with E-state index in [-0.39, 0.29) is 34.4 Å². The van der Waals surface area contributed by atoms with Crippen LogP contribution in [0.1, 0.15) is 99.6 Å². The summed E-state index contributed by atoms with van der Waals surface area (Å²) in [4.78, 5) is 56.3. The number of halogens is 1. The number of piperidine rings is 2. The van der Waals surface area contributed by atoms with Crippen LogP contribution in [0.4, 0.5) is 33.2 Å². The zero-order valence-electron chi connectivity index (χ0n) is 42.1. The predicted molar refractivity (Wildman–Crippen MR) is 284 cm³/mol. The summed E-state index contributed by atoms with van der Waals surface area (Å²) in [7, 11) is 0. The molecule has 7 heterocycles. The number of amides is 4. The van der Waals surface area contributed by atoms with Gasteiger partial charge in [0.05, 0.1) is 81.1 Å². The maximum Gasteiger partial charge on any atom is 0.408 e. The quantitative estimate of drug-likeness (QED) is 0.0895. The number of fused-ring (bicyclic) bond motifs is 2. The fourth-order valence-electron chi connectivity index (χ4n) is 9.94. The van der Waals surface area contributed by atoms with Crippen molar-refractivity contribution in [2.45, 2.75) is 91.5 Å². The van der Waals surface area contributed by atoms with Gasteiger partial charge in [-0.15, -0.1) is 0 Å². The minimum atomic E-state index is -0.702. The van der Waals surface area contributed by atoms with Crippen LogP contribution in [0.5, 0.6) is 0 Å². The Labute approximate surface area is 432 Å². The Balaban J connectivity index is 0.000000207. The van der Waals surface area contributed by atoms with Crippen molar-refractivity contribution in [3.05, 3.63) is 112 Å². The Kier molecular flexibility index (Phi) is 14.4. The highest BCUT2D eigenvalue weighted by molar-refractivity contribution is 9.10. The Morgan fingerprint density at radius 1 is 0.712 bits per heavy atom. The standard InChI is InChI=1S/C31H38N8O4.C22H23BrN6O/c1-30(2,3)43-29(42)35-23-10-13-38(28(23)41)21-14-24-26(22(27(33)40)16-34-39(24)17-21)36-25-11-12-37(18-31(25,4)5)20-8-6-19(15-32)7-9-20;1-22(2)13-28(16-5-3-14(10-24)4-6-16)8-7-19(22)27-20-17(21(25)30)11-26-29-12-15(23)9-18(20)29/h6-9,14,16-17,23,25,36H,10-13,18H2,1-5H3,(H2,33,40)(H,35,42);3-6,9,11-12,19,27H,7-8,13H2,1-2H3,(H2,25,30)/t23-,25+;19-/m01/s1. The molecule has 6 aromatic rings. The summed E-state index contributed by atoms with van der Waals surface area (Å²) in [5.41, 5.74) is 17.9. The van der Waals surface area contributed by atoms with Crippen LogP contribution in [-0.4, -0.2) is 99.5 Å². The highest BCUT2D eigenvalue weighted by atomic mass is 79.9. The van der Waals surface area contributed by atoms with Crippen molar-refractivity contribution in [3.8, 4) is 12.1 Å². The number of hydrogen-bond donors (Lipinski definition) is 5. The molecule has 0 radical (unpaired) electrons. The molecular formula is C53H61BrN14O5. The van der Waals surface area contributed by atoms with Gasteiger partial charge in [-0.2, -0.15) is 20.7 Å². The van der Waals surface area contributed by atoms with Crippen molar-refractivity contribution >= 4 is 79.2 Å². The highest BCUT2D eigenvalue weighted by Crippen LogP contribution is 2.39. The number of primary amides is 2. The van der Waals surface area contributed by atoms with E-state index in [9.17, 15) is 19.2 Å². The van der Waals surface area contributed by atoms with E-state index >= 15 is 0 Å². The predicted octanol–water partition coefficient (Wildman–Crippen LogP) is 7.44. The number of aromatic nitrogens is 4. The van der Waals surface area contributed by atoms with E-state index in [1.807, 2.05) is 66.9 Å². The lowest BCUT2D eigenvalue weighted by molar-refractivity contribution is -0.118. The van der Waals surface area contributed by atoms with Gasteiger partial charge in [-0.25, -0.2) is 13.8 Å². The average Bonchev–Trinajstić information content (AvgIpc) is 4.05. The molecule has 3 aliphatic heterocycles. The number of nitrogens with zero attached hydrogens (tertiary/aromatic N) is 9. The number of carbonyl (C=O) groups excluding carboxylic acids is 4. The molecule has 7 N–H and O–H groups in total. The minimum Gasteiger partial charge on any atom is -0.444 e. The lowest BCUT2D eigenvalue weighted by atomic mass is 9.78. The largest absolute Gasteiger partial charge is 0.444 e. The summed E-state index contributed by atoms with van der Waals surface area (Å²) in [6.07, 6.45) is 8.02. The maximum absolute atomic E-state index is 13.2. The normalized spacial score (nSPS) is 19.3. The molecule has 0 unspecified atom stereocenters. The first kappa shape index (κ1) is 51.5. The monoisotopic (exact) mass is 1050 g/mol. The molecule has 0 aliphatic carbocycles. The van der Waals surface area contributed by atoms with Crippen LogP contribution in [0.3, 0.4) is 0 Å². The first-order valence-electron chi connectivity index (χ1n) is 24.2. The van der Waals surface area contributed by atoms with Gasteiger partial charge in [0.1, 0.15) is 11.6 Å². The van der Waals surface area contributed by atoms with Gasteiger partial charge >= 0.3 is 6.09 Å². The topological polar surface area (TPSA) is 258 Å².